The van der Waals surface area contributed by atoms with Crippen molar-refractivity contribution in [1.29, 1.82) is 0 Å². The molecule has 2 amide bonds. The molecule has 0 aliphatic carbocycles. The van der Waals surface area contributed by atoms with Gasteiger partial charge in [-0.3, -0.25) is 9.59 Å². The summed E-state index contributed by atoms with van der Waals surface area (Å²) in [5.74, 6) is -0.875. The van der Waals surface area contributed by atoms with Crippen LogP contribution in [0.5, 0.6) is 0 Å². The van der Waals surface area contributed by atoms with Crippen LogP contribution in [0.4, 0.5) is 5.69 Å². The van der Waals surface area contributed by atoms with E-state index in [0.717, 1.165) is 14.2 Å². The molecule has 0 saturated heterocycles. The fourth-order valence-electron chi connectivity index (χ4n) is 4.06. The van der Waals surface area contributed by atoms with Crippen molar-refractivity contribution >= 4 is 39.3 Å². The van der Waals surface area contributed by atoms with Crippen molar-refractivity contribution in [3.8, 4) is 0 Å². The number of amides is 2. The molecule has 0 aliphatic heterocycles. The maximum absolute atomic E-state index is 14.1. The maximum atomic E-state index is 14.1. The van der Waals surface area contributed by atoms with E-state index in [1.54, 1.807) is 54.6 Å². The number of nitrogens with zero attached hydrogens (tertiary/aromatic N) is 3. The van der Waals surface area contributed by atoms with Gasteiger partial charge in [0.15, 0.2) is 0 Å². The summed E-state index contributed by atoms with van der Waals surface area (Å²) in [5.41, 5.74) is 1.84. The first-order valence-electron chi connectivity index (χ1n) is 12.6. The zero-order valence-corrected chi connectivity index (χ0v) is 24.2. The van der Waals surface area contributed by atoms with Crippen molar-refractivity contribution in [1.82, 2.24) is 14.5 Å². The van der Waals surface area contributed by atoms with E-state index in [4.69, 9.17) is 11.6 Å². The first kappa shape index (κ1) is 30.1. The van der Waals surface area contributed by atoms with Gasteiger partial charge in [0.05, 0.1) is 5.69 Å². The minimum absolute atomic E-state index is 0.0200. The summed E-state index contributed by atoms with van der Waals surface area (Å²) in [4.78, 5) is 29.1. The Labute approximate surface area is 236 Å². The highest BCUT2D eigenvalue weighted by molar-refractivity contribution is 7.90. The van der Waals surface area contributed by atoms with E-state index in [1.165, 1.54) is 19.0 Å². The van der Waals surface area contributed by atoms with Gasteiger partial charge in [0.25, 0.3) is 0 Å². The number of anilines is 1. The molecule has 0 unspecified atom stereocenters. The third-order valence-corrected chi connectivity index (χ3v) is 8.25. The fourth-order valence-corrected chi connectivity index (χ4v) is 5.31. The third-order valence-electron chi connectivity index (χ3n) is 6.06. The Bertz CT molecular complexity index is 1350. The summed E-state index contributed by atoms with van der Waals surface area (Å²) in [7, 11) is -1.22. The van der Waals surface area contributed by atoms with Crippen molar-refractivity contribution in [3.05, 3.63) is 101 Å². The first-order chi connectivity index (χ1) is 18.5. The Hall–Kier alpha value is -3.40. The van der Waals surface area contributed by atoms with Crippen LogP contribution in [-0.4, -0.2) is 62.2 Å². The molecule has 1 atom stereocenters. The number of carbonyl (C=O) groups is 2. The molecule has 1 N–H and O–H groups in total. The molecule has 0 radical (unpaired) electrons. The smallest absolute Gasteiger partial charge is 0.304 e. The van der Waals surface area contributed by atoms with E-state index in [2.05, 4.69) is 5.32 Å². The number of rotatable bonds is 12. The molecule has 3 aromatic carbocycles. The topological polar surface area (TPSA) is 90.0 Å². The fraction of sp³-hybridized carbons (Fsp3) is 0.310. The van der Waals surface area contributed by atoms with Gasteiger partial charge in [-0.2, -0.15) is 12.7 Å². The standard InChI is InChI=1S/C29H35ClN4O4S/c1-22(2)31-29(36)27(19-23-13-7-5-8-14-23)33(20-24-15-11-12-18-26(24)30)28(35)21-34(39(37,38)32(3)4)25-16-9-6-10-17-25/h5-18,22,27H,19-21H2,1-4H3,(H,31,36)/t27-/m1/s1. The second-order valence-corrected chi connectivity index (χ2v) is 12.1. The SMILES string of the molecule is CC(C)NC(=O)[C@@H](Cc1ccccc1)N(Cc1ccccc1Cl)C(=O)CN(c1ccccc1)S(=O)(=O)N(C)C. The minimum atomic E-state index is -4.03. The highest BCUT2D eigenvalue weighted by Gasteiger charge is 2.35. The van der Waals surface area contributed by atoms with Gasteiger partial charge in [0, 0.05) is 38.1 Å². The van der Waals surface area contributed by atoms with Crippen molar-refractivity contribution in [2.45, 2.75) is 38.9 Å². The summed E-state index contributed by atoms with van der Waals surface area (Å²) in [6, 6.07) is 23.8. The van der Waals surface area contributed by atoms with Crippen molar-refractivity contribution in [2.24, 2.45) is 0 Å². The monoisotopic (exact) mass is 570 g/mol. The van der Waals surface area contributed by atoms with Gasteiger partial charge < -0.3 is 10.2 Å². The van der Waals surface area contributed by atoms with Gasteiger partial charge in [-0.05, 0) is 43.2 Å². The second kappa shape index (κ2) is 13.6. The van der Waals surface area contributed by atoms with E-state index in [1.807, 2.05) is 44.2 Å². The van der Waals surface area contributed by atoms with Crippen molar-refractivity contribution < 1.29 is 18.0 Å². The average Bonchev–Trinajstić information content (AvgIpc) is 2.90. The zero-order chi connectivity index (χ0) is 28.6. The van der Waals surface area contributed by atoms with Gasteiger partial charge in [-0.1, -0.05) is 78.3 Å². The molecule has 208 valence electrons. The van der Waals surface area contributed by atoms with Crippen molar-refractivity contribution in [3.63, 3.8) is 0 Å². The Morgan fingerprint density at radius 1 is 0.872 bits per heavy atom. The van der Waals surface area contributed by atoms with Crippen LogP contribution in [0, 0.1) is 0 Å². The number of benzene rings is 3. The second-order valence-electron chi connectivity index (χ2n) is 9.61. The molecule has 0 fully saturated rings. The lowest BCUT2D eigenvalue weighted by Gasteiger charge is -2.34. The lowest BCUT2D eigenvalue weighted by Crippen LogP contribution is -2.55. The highest BCUT2D eigenvalue weighted by atomic mass is 35.5. The number of nitrogens with one attached hydrogen (secondary N) is 1. The third kappa shape index (κ3) is 8.05. The van der Waals surface area contributed by atoms with Crippen LogP contribution in [0.3, 0.4) is 0 Å². The van der Waals surface area contributed by atoms with Crippen LogP contribution in [0.15, 0.2) is 84.9 Å². The highest BCUT2D eigenvalue weighted by Crippen LogP contribution is 2.23. The molecule has 0 saturated carbocycles. The predicted molar refractivity (Wildman–Crippen MR) is 156 cm³/mol. The molecular weight excluding hydrogens is 536 g/mol. The van der Waals surface area contributed by atoms with E-state index < -0.39 is 28.7 Å². The van der Waals surface area contributed by atoms with Gasteiger partial charge in [-0.25, -0.2) is 4.31 Å². The largest absolute Gasteiger partial charge is 0.352 e. The lowest BCUT2D eigenvalue weighted by molar-refractivity contribution is -0.140. The Kier molecular flexibility index (Phi) is 10.5. The Balaban J connectivity index is 2.09. The minimum Gasteiger partial charge on any atom is -0.352 e. The van der Waals surface area contributed by atoms with Gasteiger partial charge in [-0.15, -0.1) is 0 Å². The van der Waals surface area contributed by atoms with E-state index >= 15 is 0 Å². The van der Waals surface area contributed by atoms with Crippen LogP contribution < -0.4 is 9.62 Å². The molecule has 3 rings (SSSR count). The van der Waals surface area contributed by atoms with Gasteiger partial charge in [0.1, 0.15) is 12.6 Å². The Morgan fingerprint density at radius 2 is 1.44 bits per heavy atom. The first-order valence-corrected chi connectivity index (χ1v) is 14.4. The van der Waals surface area contributed by atoms with Gasteiger partial charge in [0.2, 0.25) is 11.8 Å². The molecule has 0 aliphatic rings. The molecular formula is C29H35ClN4O4S. The summed E-state index contributed by atoms with van der Waals surface area (Å²) >= 11 is 6.47. The number of para-hydroxylation sites is 1. The van der Waals surface area contributed by atoms with E-state index in [9.17, 15) is 18.0 Å². The Morgan fingerprint density at radius 3 is 2.00 bits per heavy atom. The van der Waals surface area contributed by atoms with Crippen LogP contribution in [0.2, 0.25) is 5.02 Å². The predicted octanol–water partition coefficient (Wildman–Crippen LogP) is 4.12. The molecule has 39 heavy (non-hydrogen) atoms. The molecule has 0 bridgehead atoms. The maximum Gasteiger partial charge on any atom is 0.304 e. The molecule has 10 heteroatoms. The zero-order valence-electron chi connectivity index (χ0n) is 22.6. The molecule has 0 spiro atoms. The van der Waals surface area contributed by atoms with Gasteiger partial charge >= 0.3 is 10.2 Å². The normalized spacial score (nSPS) is 12.3. The van der Waals surface area contributed by atoms with Crippen LogP contribution in [0.1, 0.15) is 25.0 Å². The lowest BCUT2D eigenvalue weighted by atomic mass is 10.0. The number of carbonyl (C=O) groups excluding carboxylic acids is 2. The van der Waals surface area contributed by atoms with E-state index in [0.29, 0.717) is 16.3 Å². The quantitative estimate of drug-likeness (QED) is 0.355. The number of halogens is 1. The number of hydrogen-bond donors (Lipinski definition) is 1. The van der Waals surface area contributed by atoms with Crippen molar-refractivity contribution in [2.75, 3.05) is 24.9 Å². The molecule has 8 nitrogen and oxygen atoms in total. The summed E-state index contributed by atoms with van der Waals surface area (Å²) in [5, 5.41) is 3.37. The van der Waals surface area contributed by atoms with Crippen LogP contribution >= 0.6 is 11.6 Å². The summed E-state index contributed by atoms with van der Waals surface area (Å²) in [6.07, 6.45) is 0.237. The molecule has 0 aromatic heterocycles. The van der Waals surface area contributed by atoms with Crippen LogP contribution in [-0.2, 0) is 32.8 Å². The summed E-state index contributed by atoms with van der Waals surface area (Å²) < 4.78 is 28.7. The average molecular weight is 571 g/mol. The molecule has 0 heterocycles. The number of hydrogen-bond acceptors (Lipinski definition) is 4. The van der Waals surface area contributed by atoms with E-state index in [-0.39, 0.29) is 24.9 Å². The molecule has 3 aromatic rings. The van der Waals surface area contributed by atoms with Crippen LogP contribution in [0.25, 0.3) is 0 Å². The summed E-state index contributed by atoms with van der Waals surface area (Å²) in [6.45, 7) is 3.21.